The van der Waals surface area contributed by atoms with Crippen LogP contribution in [0, 0.1) is 13.8 Å². The van der Waals surface area contributed by atoms with Gasteiger partial charge in [-0.3, -0.25) is 4.72 Å². The normalized spacial score (nSPS) is 11.7. The molecule has 9 heteroatoms. The van der Waals surface area contributed by atoms with Crippen LogP contribution in [0.4, 0.5) is 5.69 Å². The molecule has 0 radical (unpaired) electrons. The van der Waals surface area contributed by atoms with Gasteiger partial charge in [0, 0.05) is 0 Å². The van der Waals surface area contributed by atoms with E-state index in [0.717, 1.165) is 20.7 Å². The zero-order valence-electron chi connectivity index (χ0n) is 10.4. The Labute approximate surface area is 139 Å². The van der Waals surface area contributed by atoms with Gasteiger partial charge in [-0.25, -0.2) is 13.4 Å². The van der Waals surface area contributed by atoms with Crippen LogP contribution in [0.1, 0.15) is 11.1 Å². The lowest BCUT2D eigenvalue weighted by molar-refractivity contribution is 0.603. The van der Waals surface area contributed by atoms with E-state index in [1.165, 1.54) is 0 Å². The average Bonchev–Trinajstić information content (AvgIpc) is 2.65. The summed E-state index contributed by atoms with van der Waals surface area (Å²) in [6, 6.07) is 3.13. The minimum atomic E-state index is -3.70. The molecule has 0 saturated carbocycles. The van der Waals surface area contributed by atoms with Gasteiger partial charge in [-0.1, -0.05) is 23.2 Å². The number of nitrogens with zero attached hydrogens (tertiary/aromatic N) is 1. The minimum absolute atomic E-state index is 0.0194. The summed E-state index contributed by atoms with van der Waals surface area (Å²) in [4.78, 5) is 3.83. The number of halogens is 3. The summed E-state index contributed by atoms with van der Waals surface area (Å²) < 4.78 is 28.1. The molecule has 0 aliphatic rings. The van der Waals surface area contributed by atoms with E-state index in [9.17, 15) is 8.42 Å². The Morgan fingerprint density at radius 3 is 2.40 bits per heavy atom. The van der Waals surface area contributed by atoms with Gasteiger partial charge in [0.05, 0.1) is 9.47 Å². The van der Waals surface area contributed by atoms with Crippen LogP contribution in [-0.4, -0.2) is 13.4 Å². The summed E-state index contributed by atoms with van der Waals surface area (Å²) in [5.74, 6) is 0. The van der Waals surface area contributed by atoms with Crippen LogP contribution >= 0.6 is 50.5 Å². The van der Waals surface area contributed by atoms with Gasteiger partial charge in [0.2, 0.25) is 0 Å². The predicted octanol–water partition coefficient (Wildman–Crippen LogP) is 4.63. The first-order valence-corrected chi connectivity index (χ1v) is 9.17. The first kappa shape index (κ1) is 16.0. The van der Waals surface area contributed by atoms with Gasteiger partial charge >= 0.3 is 0 Å². The van der Waals surface area contributed by atoms with Gasteiger partial charge in [-0.2, -0.15) is 0 Å². The van der Waals surface area contributed by atoms with E-state index in [1.54, 1.807) is 19.1 Å². The maximum atomic E-state index is 12.3. The van der Waals surface area contributed by atoms with Crippen LogP contribution in [0.2, 0.25) is 10.3 Å². The third kappa shape index (κ3) is 3.28. The number of pyridine rings is 1. The zero-order valence-corrected chi connectivity index (χ0v) is 15.1. The molecule has 0 aromatic carbocycles. The second kappa shape index (κ2) is 5.81. The highest BCUT2D eigenvalue weighted by atomic mass is 79.9. The standard InChI is InChI=1S/C11H9BrCl2N2O2S2/c1-5-3-7(13)15-11(14)9(5)16-20(17,18)8-4-6(2)10(12)19-8/h3-4,16H,1-2H3. The van der Waals surface area contributed by atoms with Crippen molar-refractivity contribution >= 4 is 66.2 Å². The topological polar surface area (TPSA) is 59.1 Å². The molecule has 2 heterocycles. The summed E-state index contributed by atoms with van der Waals surface area (Å²) in [6.45, 7) is 3.52. The van der Waals surface area contributed by atoms with Crippen molar-refractivity contribution in [1.82, 2.24) is 4.98 Å². The second-order valence-electron chi connectivity index (χ2n) is 4.06. The molecule has 1 N–H and O–H groups in total. The van der Waals surface area contributed by atoms with E-state index in [0.29, 0.717) is 5.56 Å². The zero-order chi connectivity index (χ0) is 15.1. The Morgan fingerprint density at radius 2 is 1.90 bits per heavy atom. The molecule has 0 spiro atoms. The molecule has 108 valence electrons. The monoisotopic (exact) mass is 414 g/mol. The summed E-state index contributed by atoms with van der Waals surface area (Å²) in [5, 5.41) is 0.232. The molecular formula is C11H9BrCl2N2O2S2. The number of anilines is 1. The SMILES string of the molecule is Cc1cc(S(=O)(=O)Nc2c(C)cc(Cl)nc2Cl)sc1Br. The molecular weight excluding hydrogens is 407 g/mol. The van der Waals surface area contributed by atoms with E-state index in [-0.39, 0.29) is 20.2 Å². The lowest BCUT2D eigenvalue weighted by Gasteiger charge is -2.10. The lowest BCUT2D eigenvalue weighted by atomic mass is 10.3. The molecule has 0 amide bonds. The number of hydrogen-bond acceptors (Lipinski definition) is 4. The van der Waals surface area contributed by atoms with Crippen molar-refractivity contribution in [3.8, 4) is 0 Å². The number of hydrogen-bond donors (Lipinski definition) is 1. The van der Waals surface area contributed by atoms with Crippen molar-refractivity contribution in [3.05, 3.63) is 37.4 Å². The fraction of sp³-hybridized carbons (Fsp3) is 0.182. The number of aryl methyl sites for hydroxylation is 2. The highest BCUT2D eigenvalue weighted by molar-refractivity contribution is 9.11. The first-order valence-electron chi connectivity index (χ1n) is 5.32. The molecule has 20 heavy (non-hydrogen) atoms. The third-order valence-electron chi connectivity index (χ3n) is 2.48. The Bertz CT molecular complexity index is 732. The van der Waals surface area contributed by atoms with E-state index in [4.69, 9.17) is 23.2 Å². The Balaban J connectivity index is 2.43. The Hall–Kier alpha value is -0.340. The molecule has 0 saturated heterocycles. The van der Waals surface area contributed by atoms with E-state index < -0.39 is 10.0 Å². The van der Waals surface area contributed by atoms with Crippen LogP contribution in [-0.2, 0) is 10.0 Å². The average molecular weight is 416 g/mol. The van der Waals surface area contributed by atoms with Crippen molar-refractivity contribution in [2.75, 3.05) is 4.72 Å². The highest BCUT2D eigenvalue weighted by Gasteiger charge is 2.21. The molecule has 2 aromatic rings. The Morgan fingerprint density at radius 1 is 1.25 bits per heavy atom. The first-order chi connectivity index (χ1) is 9.20. The smallest absolute Gasteiger partial charge is 0.271 e. The molecule has 0 fully saturated rings. The van der Waals surface area contributed by atoms with Crippen LogP contribution in [0.15, 0.2) is 20.1 Å². The van der Waals surface area contributed by atoms with Crippen molar-refractivity contribution in [2.24, 2.45) is 0 Å². The quantitative estimate of drug-likeness (QED) is 0.743. The van der Waals surface area contributed by atoms with Crippen molar-refractivity contribution in [1.29, 1.82) is 0 Å². The molecule has 2 rings (SSSR count). The van der Waals surface area contributed by atoms with Crippen LogP contribution < -0.4 is 4.72 Å². The molecule has 0 atom stereocenters. The number of nitrogens with one attached hydrogen (secondary N) is 1. The van der Waals surface area contributed by atoms with Crippen molar-refractivity contribution in [2.45, 2.75) is 18.1 Å². The maximum absolute atomic E-state index is 12.3. The van der Waals surface area contributed by atoms with Crippen LogP contribution in [0.25, 0.3) is 0 Å². The van der Waals surface area contributed by atoms with Gasteiger partial charge in [0.25, 0.3) is 10.0 Å². The van der Waals surface area contributed by atoms with Gasteiger partial charge in [-0.15, -0.1) is 11.3 Å². The van der Waals surface area contributed by atoms with Gasteiger partial charge in [0.1, 0.15) is 9.36 Å². The summed E-state index contributed by atoms with van der Waals surface area (Å²) in [7, 11) is -3.70. The summed E-state index contributed by atoms with van der Waals surface area (Å²) in [5.41, 5.74) is 1.69. The molecule has 0 aliphatic carbocycles. The fourth-order valence-corrected chi connectivity index (χ4v) is 5.47. The predicted molar refractivity (Wildman–Crippen MR) is 86.6 cm³/mol. The van der Waals surface area contributed by atoms with Crippen LogP contribution in [0.5, 0.6) is 0 Å². The third-order valence-corrected chi connectivity index (χ3v) is 6.90. The van der Waals surface area contributed by atoms with Gasteiger partial charge in [0.15, 0.2) is 5.15 Å². The number of rotatable bonds is 3. The van der Waals surface area contributed by atoms with Crippen LogP contribution in [0.3, 0.4) is 0 Å². The molecule has 0 unspecified atom stereocenters. The minimum Gasteiger partial charge on any atom is -0.276 e. The molecule has 0 bridgehead atoms. The lowest BCUT2D eigenvalue weighted by Crippen LogP contribution is -2.13. The second-order valence-corrected chi connectivity index (χ2v) is 9.08. The van der Waals surface area contributed by atoms with Crippen molar-refractivity contribution in [3.63, 3.8) is 0 Å². The summed E-state index contributed by atoms with van der Waals surface area (Å²) in [6.07, 6.45) is 0. The number of aromatic nitrogens is 1. The molecule has 2 aromatic heterocycles. The maximum Gasteiger partial charge on any atom is 0.271 e. The van der Waals surface area contributed by atoms with Crippen molar-refractivity contribution < 1.29 is 8.42 Å². The van der Waals surface area contributed by atoms with E-state index in [1.807, 2.05) is 6.92 Å². The van der Waals surface area contributed by atoms with Gasteiger partial charge in [-0.05, 0) is 53.0 Å². The van der Waals surface area contributed by atoms with E-state index in [2.05, 4.69) is 25.6 Å². The Kier molecular flexibility index (Phi) is 4.66. The molecule has 4 nitrogen and oxygen atoms in total. The van der Waals surface area contributed by atoms with E-state index >= 15 is 0 Å². The largest absolute Gasteiger partial charge is 0.276 e. The summed E-state index contributed by atoms with van der Waals surface area (Å²) >= 11 is 16.1. The molecule has 0 aliphatic heterocycles. The number of sulfonamides is 1. The van der Waals surface area contributed by atoms with Gasteiger partial charge < -0.3 is 0 Å². The fourth-order valence-electron chi connectivity index (χ4n) is 1.47. The number of thiophene rings is 1. The highest BCUT2D eigenvalue weighted by Crippen LogP contribution is 2.33.